The normalized spacial score (nSPS) is 19.6. The molecule has 6 rings (SSSR count). The van der Waals surface area contributed by atoms with E-state index in [4.69, 9.17) is 9.97 Å². The quantitative estimate of drug-likeness (QED) is 0.731. The SMILES string of the molecule is c1ccc2c3c([nH]c2c1)CCN(c1nc(C2CCCC2)nc2c1CNC2)C3. The van der Waals surface area contributed by atoms with Gasteiger partial charge in [-0.05, 0) is 18.9 Å². The average Bonchev–Trinajstić information content (AvgIpc) is 3.45. The molecule has 0 atom stereocenters. The number of anilines is 1. The van der Waals surface area contributed by atoms with Crippen molar-refractivity contribution in [3.63, 3.8) is 0 Å². The zero-order valence-electron chi connectivity index (χ0n) is 15.6. The minimum atomic E-state index is 0.558. The summed E-state index contributed by atoms with van der Waals surface area (Å²) in [7, 11) is 0. The Morgan fingerprint density at radius 3 is 2.81 bits per heavy atom. The Morgan fingerprint density at radius 2 is 1.89 bits per heavy atom. The van der Waals surface area contributed by atoms with Crippen LogP contribution in [-0.2, 0) is 26.1 Å². The number of nitrogens with zero attached hydrogens (tertiary/aromatic N) is 3. The van der Waals surface area contributed by atoms with E-state index in [-0.39, 0.29) is 0 Å². The topological polar surface area (TPSA) is 56.8 Å². The summed E-state index contributed by atoms with van der Waals surface area (Å²) >= 11 is 0. The number of benzene rings is 1. The van der Waals surface area contributed by atoms with E-state index in [1.807, 2.05) is 0 Å². The van der Waals surface area contributed by atoms with Gasteiger partial charge >= 0.3 is 0 Å². The highest BCUT2D eigenvalue weighted by atomic mass is 15.2. The molecule has 2 aliphatic heterocycles. The van der Waals surface area contributed by atoms with Crippen LogP contribution in [0.4, 0.5) is 5.82 Å². The summed E-state index contributed by atoms with van der Waals surface area (Å²) < 4.78 is 0. The first-order valence-electron chi connectivity index (χ1n) is 10.3. The Labute approximate surface area is 159 Å². The molecule has 138 valence electrons. The first kappa shape index (κ1) is 15.6. The molecule has 1 aromatic carbocycles. The van der Waals surface area contributed by atoms with Gasteiger partial charge in [-0.2, -0.15) is 0 Å². The van der Waals surface area contributed by atoms with Gasteiger partial charge in [0.05, 0.1) is 5.69 Å². The van der Waals surface area contributed by atoms with Gasteiger partial charge in [0.15, 0.2) is 0 Å². The van der Waals surface area contributed by atoms with Crippen molar-refractivity contribution in [3.8, 4) is 0 Å². The Hall–Kier alpha value is -2.40. The maximum atomic E-state index is 5.15. The molecular formula is C22H25N5. The highest BCUT2D eigenvalue weighted by molar-refractivity contribution is 5.85. The minimum Gasteiger partial charge on any atom is -0.358 e. The molecule has 1 aliphatic carbocycles. The second-order valence-electron chi connectivity index (χ2n) is 8.21. The molecule has 1 fully saturated rings. The number of fused-ring (bicyclic) bond motifs is 4. The largest absolute Gasteiger partial charge is 0.358 e. The van der Waals surface area contributed by atoms with Crippen molar-refractivity contribution >= 4 is 16.7 Å². The van der Waals surface area contributed by atoms with Crippen molar-refractivity contribution in [1.29, 1.82) is 0 Å². The predicted molar refractivity (Wildman–Crippen MR) is 107 cm³/mol. The van der Waals surface area contributed by atoms with E-state index >= 15 is 0 Å². The third-order valence-electron chi connectivity index (χ3n) is 6.59. The number of aromatic nitrogens is 3. The lowest BCUT2D eigenvalue weighted by atomic mass is 10.0. The summed E-state index contributed by atoms with van der Waals surface area (Å²) in [6, 6.07) is 8.67. The number of rotatable bonds is 2. The predicted octanol–water partition coefficient (Wildman–Crippen LogP) is 3.78. The molecule has 3 aliphatic rings. The molecule has 4 heterocycles. The molecule has 0 unspecified atom stereocenters. The van der Waals surface area contributed by atoms with Crippen molar-refractivity contribution in [3.05, 3.63) is 52.6 Å². The third-order valence-corrected chi connectivity index (χ3v) is 6.59. The van der Waals surface area contributed by atoms with Crippen molar-refractivity contribution < 1.29 is 0 Å². The van der Waals surface area contributed by atoms with Crippen LogP contribution in [-0.4, -0.2) is 21.5 Å². The average molecular weight is 359 g/mol. The lowest BCUT2D eigenvalue weighted by Gasteiger charge is -2.30. The molecule has 27 heavy (non-hydrogen) atoms. The lowest BCUT2D eigenvalue weighted by Crippen LogP contribution is -2.32. The molecular weight excluding hydrogens is 334 g/mol. The second-order valence-corrected chi connectivity index (χ2v) is 8.21. The maximum absolute atomic E-state index is 5.15. The Kier molecular flexibility index (Phi) is 3.51. The fourth-order valence-corrected chi connectivity index (χ4v) is 5.14. The van der Waals surface area contributed by atoms with Gasteiger partial charge in [-0.25, -0.2) is 9.97 Å². The van der Waals surface area contributed by atoms with Crippen LogP contribution in [0.1, 0.15) is 59.9 Å². The van der Waals surface area contributed by atoms with E-state index in [1.165, 1.54) is 64.9 Å². The first-order valence-corrected chi connectivity index (χ1v) is 10.3. The molecule has 5 heteroatoms. The fraction of sp³-hybridized carbons (Fsp3) is 0.455. The summed E-state index contributed by atoms with van der Waals surface area (Å²) in [6.45, 7) is 3.74. The molecule has 5 nitrogen and oxygen atoms in total. The van der Waals surface area contributed by atoms with Crippen molar-refractivity contribution in [2.24, 2.45) is 0 Å². The van der Waals surface area contributed by atoms with Gasteiger partial charge in [-0.3, -0.25) is 0 Å². The summed E-state index contributed by atoms with van der Waals surface area (Å²) in [5, 5.41) is 4.85. The van der Waals surface area contributed by atoms with Crippen LogP contribution in [0.5, 0.6) is 0 Å². The zero-order chi connectivity index (χ0) is 17.8. The molecule has 1 saturated carbocycles. The summed E-state index contributed by atoms with van der Waals surface area (Å²) in [4.78, 5) is 16.2. The van der Waals surface area contributed by atoms with Gasteiger partial charge in [0.2, 0.25) is 0 Å². The summed E-state index contributed by atoms with van der Waals surface area (Å²) in [6.07, 6.45) is 6.19. The van der Waals surface area contributed by atoms with Crippen LogP contribution in [0, 0.1) is 0 Å². The second kappa shape index (κ2) is 6.06. The molecule has 0 amide bonds. The molecule has 0 spiro atoms. The lowest BCUT2D eigenvalue weighted by molar-refractivity contribution is 0.647. The zero-order valence-corrected chi connectivity index (χ0v) is 15.6. The highest BCUT2D eigenvalue weighted by Gasteiger charge is 2.29. The van der Waals surface area contributed by atoms with E-state index in [0.29, 0.717) is 5.92 Å². The van der Waals surface area contributed by atoms with Crippen LogP contribution in [0.15, 0.2) is 24.3 Å². The van der Waals surface area contributed by atoms with Crippen molar-refractivity contribution in [2.45, 2.75) is 57.7 Å². The van der Waals surface area contributed by atoms with E-state index in [9.17, 15) is 0 Å². The molecule has 0 radical (unpaired) electrons. The van der Waals surface area contributed by atoms with E-state index in [2.05, 4.69) is 39.5 Å². The van der Waals surface area contributed by atoms with Crippen molar-refractivity contribution in [2.75, 3.05) is 11.4 Å². The Morgan fingerprint density at radius 1 is 1.00 bits per heavy atom. The van der Waals surface area contributed by atoms with Gasteiger partial charge in [-0.15, -0.1) is 0 Å². The van der Waals surface area contributed by atoms with E-state index in [1.54, 1.807) is 0 Å². The number of aromatic amines is 1. The van der Waals surface area contributed by atoms with E-state index in [0.717, 1.165) is 38.4 Å². The van der Waals surface area contributed by atoms with Crippen molar-refractivity contribution in [1.82, 2.24) is 20.3 Å². The Balaban J connectivity index is 1.42. The number of hydrogen-bond donors (Lipinski definition) is 2. The van der Waals surface area contributed by atoms with Crippen LogP contribution >= 0.6 is 0 Å². The number of H-pyrrole nitrogens is 1. The number of nitrogens with one attached hydrogen (secondary N) is 2. The van der Waals surface area contributed by atoms with Gasteiger partial charge < -0.3 is 15.2 Å². The third kappa shape index (κ3) is 2.48. The van der Waals surface area contributed by atoms with Crippen LogP contribution < -0.4 is 10.2 Å². The van der Waals surface area contributed by atoms with Crippen LogP contribution in [0.25, 0.3) is 10.9 Å². The summed E-state index contributed by atoms with van der Waals surface area (Å²) in [5.74, 6) is 2.83. The Bertz CT molecular complexity index is 1010. The number of para-hydroxylation sites is 1. The molecule has 0 saturated heterocycles. The van der Waals surface area contributed by atoms with Crippen LogP contribution in [0.2, 0.25) is 0 Å². The van der Waals surface area contributed by atoms with E-state index < -0.39 is 0 Å². The van der Waals surface area contributed by atoms with Gasteiger partial charge in [0.1, 0.15) is 11.6 Å². The smallest absolute Gasteiger partial charge is 0.137 e. The fourth-order valence-electron chi connectivity index (χ4n) is 5.14. The molecule has 0 bridgehead atoms. The van der Waals surface area contributed by atoms with Gasteiger partial charge in [0.25, 0.3) is 0 Å². The van der Waals surface area contributed by atoms with Gasteiger partial charge in [0, 0.05) is 66.2 Å². The first-order chi connectivity index (χ1) is 13.4. The van der Waals surface area contributed by atoms with Crippen LogP contribution in [0.3, 0.4) is 0 Å². The molecule has 2 aromatic heterocycles. The monoisotopic (exact) mass is 359 g/mol. The van der Waals surface area contributed by atoms with Gasteiger partial charge in [-0.1, -0.05) is 31.0 Å². The maximum Gasteiger partial charge on any atom is 0.137 e. The summed E-state index contributed by atoms with van der Waals surface area (Å²) in [5.41, 5.74) is 6.64. The minimum absolute atomic E-state index is 0.558. The number of hydrogen-bond acceptors (Lipinski definition) is 4. The standard InChI is InChI=1S/C22H25N5/c1-2-6-14(5-1)21-25-20-12-23-11-16(20)22(26-21)27-10-9-19-17(13-27)15-7-3-4-8-18(15)24-19/h3-4,7-8,14,23-24H,1-2,5-6,9-13H2. The molecule has 2 N–H and O–H groups in total. The molecule has 3 aromatic rings. The highest BCUT2D eigenvalue weighted by Crippen LogP contribution is 2.37.